The second-order valence-electron chi connectivity index (χ2n) is 5.00. The summed E-state index contributed by atoms with van der Waals surface area (Å²) in [5, 5.41) is 12.8. The van der Waals surface area contributed by atoms with E-state index in [9.17, 15) is 14.7 Å². The predicted molar refractivity (Wildman–Crippen MR) is 73.9 cm³/mol. The molecule has 2 rings (SSSR count). The largest absolute Gasteiger partial charge is 0.480 e. The molecular formula is C13H18N2O4S. The molecule has 0 aromatic carbocycles. The van der Waals surface area contributed by atoms with Gasteiger partial charge in [-0.2, -0.15) is 0 Å². The third-order valence-corrected chi connectivity index (χ3v) is 4.66. The molecular weight excluding hydrogens is 280 g/mol. The molecule has 1 saturated carbocycles. The normalized spacial score (nSPS) is 17.1. The van der Waals surface area contributed by atoms with Gasteiger partial charge in [-0.05, 0) is 19.8 Å². The van der Waals surface area contributed by atoms with Crippen LogP contribution in [0, 0.1) is 6.92 Å². The van der Waals surface area contributed by atoms with Crippen molar-refractivity contribution < 1.29 is 19.4 Å². The fourth-order valence-corrected chi connectivity index (χ4v) is 3.43. The lowest BCUT2D eigenvalue weighted by Gasteiger charge is -2.24. The summed E-state index contributed by atoms with van der Waals surface area (Å²) < 4.78 is 4.99. The van der Waals surface area contributed by atoms with Gasteiger partial charge in [0, 0.05) is 7.11 Å². The van der Waals surface area contributed by atoms with Crippen LogP contribution in [-0.4, -0.2) is 34.6 Å². The number of hydrogen-bond donors (Lipinski definition) is 2. The summed E-state index contributed by atoms with van der Waals surface area (Å²) >= 11 is 1.24. The number of methoxy groups -OCH3 is 1. The van der Waals surface area contributed by atoms with E-state index < -0.39 is 11.5 Å². The quantitative estimate of drug-likeness (QED) is 0.864. The van der Waals surface area contributed by atoms with Crippen molar-refractivity contribution in [1.82, 2.24) is 10.3 Å². The fourth-order valence-electron chi connectivity index (χ4n) is 2.49. The Bertz CT molecular complexity index is 520. The summed E-state index contributed by atoms with van der Waals surface area (Å²) in [7, 11) is 1.56. The molecule has 0 bridgehead atoms. The van der Waals surface area contributed by atoms with Crippen molar-refractivity contribution >= 4 is 23.2 Å². The second-order valence-corrected chi connectivity index (χ2v) is 6.09. The number of hydrogen-bond acceptors (Lipinski definition) is 5. The Morgan fingerprint density at radius 2 is 2.10 bits per heavy atom. The van der Waals surface area contributed by atoms with Crippen molar-refractivity contribution in [2.45, 2.75) is 44.8 Å². The highest BCUT2D eigenvalue weighted by atomic mass is 32.1. The Balaban J connectivity index is 2.17. The van der Waals surface area contributed by atoms with Gasteiger partial charge in [0.15, 0.2) is 0 Å². The third kappa shape index (κ3) is 2.83. The number of aromatic nitrogens is 1. The van der Waals surface area contributed by atoms with Gasteiger partial charge in [0.05, 0.1) is 12.3 Å². The molecule has 110 valence electrons. The number of carboxylic acids is 1. The monoisotopic (exact) mass is 298 g/mol. The van der Waals surface area contributed by atoms with Crippen molar-refractivity contribution in [3.05, 3.63) is 15.6 Å². The van der Waals surface area contributed by atoms with Gasteiger partial charge in [0.1, 0.15) is 15.4 Å². The highest BCUT2D eigenvalue weighted by Gasteiger charge is 2.43. The van der Waals surface area contributed by atoms with Gasteiger partial charge in [-0.3, -0.25) is 4.79 Å². The zero-order chi connectivity index (χ0) is 14.8. The minimum absolute atomic E-state index is 0.350. The van der Waals surface area contributed by atoms with Crippen LogP contribution in [0.1, 0.15) is 46.1 Å². The van der Waals surface area contributed by atoms with Crippen LogP contribution in [0.4, 0.5) is 0 Å². The minimum atomic E-state index is -1.12. The maximum atomic E-state index is 12.3. The van der Waals surface area contributed by atoms with Crippen LogP contribution in [0.3, 0.4) is 0 Å². The zero-order valence-electron chi connectivity index (χ0n) is 11.6. The molecule has 1 aromatic rings. The first-order chi connectivity index (χ1) is 9.48. The first-order valence-corrected chi connectivity index (χ1v) is 7.31. The molecule has 0 spiro atoms. The standard InChI is InChI=1S/C13H18N2O4S/c1-8-10(20-9(14-8)7-19-2)11(16)15-13(12(17)18)5-3-4-6-13/h3-7H2,1-2H3,(H,15,16)(H,17,18). The maximum absolute atomic E-state index is 12.3. The topological polar surface area (TPSA) is 88.5 Å². The number of carbonyl (C=O) groups is 2. The average Bonchev–Trinajstić information content (AvgIpc) is 2.98. The first-order valence-electron chi connectivity index (χ1n) is 6.49. The Morgan fingerprint density at radius 1 is 1.45 bits per heavy atom. The average molecular weight is 298 g/mol. The van der Waals surface area contributed by atoms with Crippen molar-refractivity contribution in [2.75, 3.05) is 7.11 Å². The fraction of sp³-hybridized carbons (Fsp3) is 0.615. The van der Waals surface area contributed by atoms with Gasteiger partial charge < -0.3 is 15.2 Å². The van der Waals surface area contributed by atoms with Crippen LogP contribution in [0.15, 0.2) is 0 Å². The van der Waals surface area contributed by atoms with Gasteiger partial charge in [-0.1, -0.05) is 12.8 Å². The number of nitrogens with one attached hydrogen (secondary N) is 1. The lowest BCUT2D eigenvalue weighted by Crippen LogP contribution is -2.52. The summed E-state index contributed by atoms with van der Waals surface area (Å²) in [4.78, 5) is 28.5. The molecule has 0 radical (unpaired) electrons. The van der Waals surface area contributed by atoms with E-state index in [1.54, 1.807) is 14.0 Å². The number of rotatable bonds is 5. The summed E-state index contributed by atoms with van der Waals surface area (Å²) in [6.45, 7) is 2.09. The van der Waals surface area contributed by atoms with E-state index in [0.717, 1.165) is 12.8 Å². The Hall–Kier alpha value is -1.47. The van der Waals surface area contributed by atoms with Crippen LogP contribution < -0.4 is 5.32 Å². The molecule has 0 atom stereocenters. The summed E-state index contributed by atoms with van der Waals surface area (Å²) in [5.74, 6) is -1.31. The van der Waals surface area contributed by atoms with E-state index in [1.807, 2.05) is 0 Å². The van der Waals surface area contributed by atoms with Crippen LogP contribution in [0.25, 0.3) is 0 Å². The molecule has 1 aromatic heterocycles. The molecule has 1 fully saturated rings. The van der Waals surface area contributed by atoms with Crippen molar-refractivity contribution in [2.24, 2.45) is 0 Å². The van der Waals surface area contributed by atoms with Crippen LogP contribution in [0.2, 0.25) is 0 Å². The van der Waals surface area contributed by atoms with E-state index in [1.165, 1.54) is 11.3 Å². The smallest absolute Gasteiger partial charge is 0.329 e. The van der Waals surface area contributed by atoms with E-state index in [0.29, 0.717) is 35.0 Å². The highest BCUT2D eigenvalue weighted by Crippen LogP contribution is 2.31. The molecule has 0 unspecified atom stereocenters. The Kier molecular flexibility index (Phi) is 4.39. The molecule has 6 nitrogen and oxygen atoms in total. The third-order valence-electron chi connectivity index (χ3n) is 3.53. The SMILES string of the molecule is COCc1nc(C)c(C(=O)NC2(C(=O)O)CCCC2)s1. The summed E-state index contributed by atoms with van der Waals surface area (Å²) in [6, 6.07) is 0. The molecule has 1 aliphatic carbocycles. The summed E-state index contributed by atoms with van der Waals surface area (Å²) in [5.41, 5.74) is -0.507. The van der Waals surface area contributed by atoms with Gasteiger partial charge in [0.25, 0.3) is 5.91 Å². The number of nitrogens with zero attached hydrogens (tertiary/aromatic N) is 1. The lowest BCUT2D eigenvalue weighted by atomic mass is 9.98. The molecule has 0 aliphatic heterocycles. The molecule has 7 heteroatoms. The highest BCUT2D eigenvalue weighted by molar-refractivity contribution is 7.13. The molecule has 2 N–H and O–H groups in total. The van der Waals surface area contributed by atoms with Crippen molar-refractivity contribution in [1.29, 1.82) is 0 Å². The number of aliphatic carboxylic acids is 1. The number of aryl methyl sites for hydroxylation is 1. The lowest BCUT2D eigenvalue weighted by molar-refractivity contribution is -0.144. The second kappa shape index (κ2) is 5.88. The van der Waals surface area contributed by atoms with E-state index >= 15 is 0 Å². The van der Waals surface area contributed by atoms with Crippen LogP contribution in [-0.2, 0) is 16.1 Å². The molecule has 1 aliphatic rings. The number of ether oxygens (including phenoxy) is 1. The Morgan fingerprint density at radius 3 is 2.65 bits per heavy atom. The number of amides is 1. The predicted octanol–water partition coefficient (Wildman–Crippen LogP) is 1.73. The van der Waals surface area contributed by atoms with Gasteiger partial charge in [-0.25, -0.2) is 9.78 Å². The van der Waals surface area contributed by atoms with Crippen LogP contribution in [0.5, 0.6) is 0 Å². The number of thiazole rings is 1. The van der Waals surface area contributed by atoms with Gasteiger partial charge >= 0.3 is 5.97 Å². The zero-order valence-corrected chi connectivity index (χ0v) is 12.4. The number of carbonyl (C=O) groups excluding carboxylic acids is 1. The number of carboxylic acid groups (broad SMARTS) is 1. The molecule has 1 amide bonds. The Labute approximate surface area is 121 Å². The summed E-state index contributed by atoms with van der Waals surface area (Å²) in [6.07, 6.45) is 2.61. The minimum Gasteiger partial charge on any atom is -0.480 e. The van der Waals surface area contributed by atoms with Crippen LogP contribution >= 0.6 is 11.3 Å². The van der Waals surface area contributed by atoms with Crippen molar-refractivity contribution in [3.8, 4) is 0 Å². The maximum Gasteiger partial charge on any atom is 0.329 e. The van der Waals surface area contributed by atoms with E-state index in [4.69, 9.17) is 4.74 Å². The van der Waals surface area contributed by atoms with E-state index in [-0.39, 0.29) is 5.91 Å². The molecule has 20 heavy (non-hydrogen) atoms. The van der Waals surface area contributed by atoms with Crippen molar-refractivity contribution in [3.63, 3.8) is 0 Å². The first kappa shape index (κ1) is 14.9. The van der Waals surface area contributed by atoms with Gasteiger partial charge in [-0.15, -0.1) is 11.3 Å². The molecule has 1 heterocycles. The molecule has 0 saturated heterocycles. The van der Waals surface area contributed by atoms with E-state index in [2.05, 4.69) is 10.3 Å². The van der Waals surface area contributed by atoms with Gasteiger partial charge in [0.2, 0.25) is 0 Å².